The molecule has 0 aliphatic carbocycles. The lowest BCUT2D eigenvalue weighted by atomic mass is 10.0. The molecule has 0 amide bonds. The summed E-state index contributed by atoms with van der Waals surface area (Å²) in [6.45, 7) is 10.4. The molecule has 1 aliphatic heterocycles. The van der Waals surface area contributed by atoms with E-state index in [1.54, 1.807) is 13.0 Å². The number of quaternary nitrogens is 1. The highest BCUT2D eigenvalue weighted by Crippen LogP contribution is 2.23. The molecule has 5 heteroatoms. The van der Waals surface area contributed by atoms with Gasteiger partial charge in [0, 0.05) is 28.3 Å². The maximum absolute atomic E-state index is 12.1. The van der Waals surface area contributed by atoms with Gasteiger partial charge >= 0.3 is 5.63 Å². The Morgan fingerprint density at radius 3 is 2.41 bits per heavy atom. The lowest BCUT2D eigenvalue weighted by Gasteiger charge is -2.33. The predicted molar refractivity (Wildman–Crippen MR) is 115 cm³/mol. The lowest BCUT2D eigenvalue weighted by Crippen LogP contribution is -3.13. The number of nitrogens with zero attached hydrogens (tertiary/aromatic N) is 1. The molecule has 4 rings (SSSR count). The van der Waals surface area contributed by atoms with Gasteiger partial charge in [0.1, 0.15) is 12.1 Å². The summed E-state index contributed by atoms with van der Waals surface area (Å²) in [5, 5.41) is 1.04. The fourth-order valence-electron chi connectivity index (χ4n) is 4.11. The maximum Gasteiger partial charge on any atom is 0.336 e. The molecule has 0 radical (unpaired) electrons. The van der Waals surface area contributed by atoms with Crippen LogP contribution in [0, 0.1) is 13.8 Å². The smallest absolute Gasteiger partial charge is 0.336 e. The maximum atomic E-state index is 12.1. The SMILES string of the molecule is CC(=O)c1ccc(N2CC[NH+](Cc3cc(=O)oc4c(C)c(C)ccc34)CC2)cc1. The molecule has 1 aromatic heterocycles. The first-order chi connectivity index (χ1) is 13.9. The van der Waals surface area contributed by atoms with Gasteiger partial charge < -0.3 is 14.2 Å². The zero-order chi connectivity index (χ0) is 20.5. The summed E-state index contributed by atoms with van der Waals surface area (Å²) in [5.74, 6) is 0.0933. The minimum atomic E-state index is -0.273. The number of anilines is 1. The number of nitrogens with one attached hydrogen (secondary N) is 1. The zero-order valence-electron chi connectivity index (χ0n) is 17.2. The molecule has 1 aliphatic rings. The second-order valence-electron chi connectivity index (χ2n) is 7.99. The molecular formula is C24H27N2O3+. The number of piperazine rings is 1. The number of carbonyl (C=O) groups is 1. The zero-order valence-corrected chi connectivity index (χ0v) is 17.2. The Bertz CT molecular complexity index is 1110. The largest absolute Gasteiger partial charge is 0.422 e. The molecule has 2 aromatic carbocycles. The van der Waals surface area contributed by atoms with Crippen molar-refractivity contribution in [1.29, 1.82) is 0 Å². The van der Waals surface area contributed by atoms with Crippen LogP contribution in [0.4, 0.5) is 5.69 Å². The molecule has 150 valence electrons. The topological polar surface area (TPSA) is 55.0 Å². The van der Waals surface area contributed by atoms with Gasteiger partial charge in [-0.2, -0.15) is 0 Å². The number of fused-ring (bicyclic) bond motifs is 1. The first-order valence-corrected chi connectivity index (χ1v) is 10.1. The van der Waals surface area contributed by atoms with Crippen molar-refractivity contribution < 1.29 is 14.1 Å². The molecule has 1 saturated heterocycles. The standard InChI is InChI=1S/C24H26N2O3/c1-16-4-9-22-20(14-23(28)29-24(22)17(16)2)15-25-10-12-26(13-11-25)21-7-5-19(6-8-21)18(3)27/h4-9,14H,10-13,15H2,1-3H3/p+1. The van der Waals surface area contributed by atoms with Crippen LogP contribution in [0.3, 0.4) is 0 Å². The second kappa shape index (κ2) is 7.84. The number of rotatable bonds is 4. The molecule has 0 bridgehead atoms. The number of hydrogen-bond donors (Lipinski definition) is 1. The van der Waals surface area contributed by atoms with E-state index >= 15 is 0 Å². The molecule has 0 atom stereocenters. The van der Waals surface area contributed by atoms with E-state index in [9.17, 15) is 9.59 Å². The summed E-state index contributed by atoms with van der Waals surface area (Å²) in [4.78, 5) is 27.4. The minimum Gasteiger partial charge on any atom is -0.422 e. The third kappa shape index (κ3) is 3.96. The molecule has 3 aromatic rings. The number of Topliss-reactive ketones (excluding diaryl/α,β-unsaturated/α-hetero) is 1. The van der Waals surface area contributed by atoms with Crippen LogP contribution in [0.5, 0.6) is 0 Å². The van der Waals surface area contributed by atoms with Crippen LogP contribution in [0.2, 0.25) is 0 Å². The average Bonchev–Trinajstić information content (AvgIpc) is 2.72. The Morgan fingerprint density at radius 1 is 1.07 bits per heavy atom. The summed E-state index contributed by atoms with van der Waals surface area (Å²) >= 11 is 0. The first kappa shape index (κ1) is 19.4. The third-order valence-corrected chi connectivity index (χ3v) is 6.07. The van der Waals surface area contributed by atoms with Crippen LogP contribution in [0.15, 0.2) is 51.7 Å². The molecule has 2 heterocycles. The highest BCUT2D eigenvalue weighted by molar-refractivity contribution is 5.94. The van der Waals surface area contributed by atoms with Gasteiger partial charge in [0.05, 0.1) is 26.2 Å². The molecule has 29 heavy (non-hydrogen) atoms. The van der Waals surface area contributed by atoms with Crippen molar-refractivity contribution in [2.24, 2.45) is 0 Å². The van der Waals surface area contributed by atoms with Gasteiger partial charge in [-0.3, -0.25) is 4.79 Å². The van der Waals surface area contributed by atoms with E-state index in [0.717, 1.165) is 71.6 Å². The summed E-state index contributed by atoms with van der Waals surface area (Å²) in [5.41, 5.74) is 5.59. The van der Waals surface area contributed by atoms with Crippen molar-refractivity contribution in [3.8, 4) is 0 Å². The lowest BCUT2D eigenvalue weighted by molar-refractivity contribution is -0.914. The number of carbonyl (C=O) groups excluding carboxylic acids is 1. The number of aryl methyl sites for hydroxylation is 2. The normalized spacial score (nSPS) is 15.1. The van der Waals surface area contributed by atoms with Crippen LogP contribution < -0.4 is 15.4 Å². The summed E-state index contributed by atoms with van der Waals surface area (Å²) < 4.78 is 5.51. The van der Waals surface area contributed by atoms with E-state index in [4.69, 9.17) is 4.42 Å². The Kier molecular flexibility index (Phi) is 5.24. The quantitative estimate of drug-likeness (QED) is 0.549. The van der Waals surface area contributed by atoms with Crippen LogP contribution in [0.1, 0.15) is 34.0 Å². The molecule has 0 spiro atoms. The van der Waals surface area contributed by atoms with Crippen molar-refractivity contribution in [3.63, 3.8) is 0 Å². The number of ketones is 1. The molecule has 5 nitrogen and oxygen atoms in total. The van der Waals surface area contributed by atoms with Crippen LogP contribution in [-0.4, -0.2) is 32.0 Å². The first-order valence-electron chi connectivity index (χ1n) is 10.1. The van der Waals surface area contributed by atoms with E-state index in [-0.39, 0.29) is 11.4 Å². The molecule has 0 unspecified atom stereocenters. The Labute approximate surface area is 170 Å². The van der Waals surface area contributed by atoms with Gasteiger partial charge in [-0.05, 0) is 56.2 Å². The molecule has 1 N–H and O–H groups in total. The average molecular weight is 391 g/mol. The monoisotopic (exact) mass is 391 g/mol. The Hall–Kier alpha value is -2.92. The van der Waals surface area contributed by atoms with Crippen LogP contribution in [0.25, 0.3) is 11.0 Å². The highest BCUT2D eigenvalue weighted by Gasteiger charge is 2.22. The van der Waals surface area contributed by atoms with Gasteiger partial charge in [0.25, 0.3) is 0 Å². The molecule has 1 fully saturated rings. The van der Waals surface area contributed by atoms with Gasteiger partial charge in [-0.1, -0.05) is 12.1 Å². The van der Waals surface area contributed by atoms with Gasteiger partial charge in [-0.25, -0.2) is 4.79 Å². The second-order valence-corrected chi connectivity index (χ2v) is 7.99. The van der Waals surface area contributed by atoms with Gasteiger partial charge in [-0.15, -0.1) is 0 Å². The van der Waals surface area contributed by atoms with E-state index in [2.05, 4.69) is 17.0 Å². The summed E-state index contributed by atoms with van der Waals surface area (Å²) in [6.07, 6.45) is 0. The summed E-state index contributed by atoms with van der Waals surface area (Å²) in [7, 11) is 0. The minimum absolute atomic E-state index is 0.0933. The van der Waals surface area contributed by atoms with Crippen molar-refractivity contribution >= 4 is 22.4 Å². The van der Waals surface area contributed by atoms with Crippen molar-refractivity contribution in [2.75, 3.05) is 31.1 Å². The highest BCUT2D eigenvalue weighted by atomic mass is 16.4. The molecule has 0 saturated carbocycles. The van der Waals surface area contributed by atoms with Crippen molar-refractivity contribution in [1.82, 2.24) is 0 Å². The fraction of sp³-hybridized carbons (Fsp3) is 0.333. The van der Waals surface area contributed by atoms with E-state index < -0.39 is 0 Å². The van der Waals surface area contributed by atoms with Crippen molar-refractivity contribution in [3.05, 3.63) is 75.1 Å². The van der Waals surface area contributed by atoms with Crippen molar-refractivity contribution in [2.45, 2.75) is 27.3 Å². The van der Waals surface area contributed by atoms with Crippen LogP contribution in [-0.2, 0) is 6.54 Å². The van der Waals surface area contributed by atoms with Gasteiger partial charge in [0.2, 0.25) is 0 Å². The predicted octanol–water partition coefficient (Wildman–Crippen LogP) is 2.52. The van der Waals surface area contributed by atoms with E-state index in [0.29, 0.717) is 0 Å². The van der Waals surface area contributed by atoms with E-state index in [1.807, 2.05) is 38.1 Å². The summed E-state index contributed by atoms with van der Waals surface area (Å²) in [6, 6.07) is 13.7. The Morgan fingerprint density at radius 2 is 1.76 bits per heavy atom. The number of hydrogen-bond acceptors (Lipinski definition) is 4. The van der Waals surface area contributed by atoms with Gasteiger partial charge in [0.15, 0.2) is 5.78 Å². The molecular weight excluding hydrogens is 364 g/mol. The third-order valence-electron chi connectivity index (χ3n) is 6.07. The van der Waals surface area contributed by atoms with Crippen LogP contribution >= 0.6 is 0 Å². The Balaban J connectivity index is 1.48. The van der Waals surface area contributed by atoms with E-state index in [1.165, 1.54) is 4.90 Å². The number of benzene rings is 2. The fourth-order valence-corrected chi connectivity index (χ4v) is 4.11.